The van der Waals surface area contributed by atoms with Crippen molar-refractivity contribution >= 4 is 44.6 Å². The van der Waals surface area contributed by atoms with Crippen LogP contribution in [-0.4, -0.2) is 35.5 Å². The number of carbonyl (C=O) groups is 1. The highest BCUT2D eigenvalue weighted by atomic mass is 32.1. The maximum Gasteiger partial charge on any atom is 0.223 e. The van der Waals surface area contributed by atoms with Crippen molar-refractivity contribution in [3.8, 4) is 0 Å². The van der Waals surface area contributed by atoms with Gasteiger partial charge in [0.2, 0.25) is 5.91 Å². The van der Waals surface area contributed by atoms with Gasteiger partial charge in [-0.2, -0.15) is 0 Å². The molecule has 2 aliphatic rings. The molecule has 7 heteroatoms. The summed E-state index contributed by atoms with van der Waals surface area (Å²) in [5.41, 5.74) is 1.48. The zero-order valence-electron chi connectivity index (χ0n) is 15.8. The van der Waals surface area contributed by atoms with E-state index in [1.165, 1.54) is 33.5 Å². The second-order valence-corrected chi connectivity index (χ2v) is 9.73. The Labute approximate surface area is 172 Å². The fourth-order valence-electron chi connectivity index (χ4n) is 4.41. The Morgan fingerprint density at radius 1 is 1.25 bits per heavy atom. The number of nitrogens with zero attached hydrogens (tertiary/aromatic N) is 3. The molecule has 1 amide bonds. The summed E-state index contributed by atoms with van der Waals surface area (Å²) in [5.74, 6) is 1.41. The van der Waals surface area contributed by atoms with Crippen LogP contribution in [0.15, 0.2) is 23.8 Å². The fraction of sp³-hybridized carbons (Fsp3) is 0.476. The first-order chi connectivity index (χ1) is 13.8. The lowest BCUT2D eigenvalue weighted by molar-refractivity contribution is -0.125. The summed E-state index contributed by atoms with van der Waals surface area (Å²) < 4.78 is 0. The molecule has 5 nitrogen and oxygen atoms in total. The second-order valence-electron chi connectivity index (χ2n) is 7.62. The van der Waals surface area contributed by atoms with Gasteiger partial charge in [-0.1, -0.05) is 6.07 Å². The van der Waals surface area contributed by atoms with Gasteiger partial charge >= 0.3 is 0 Å². The maximum absolute atomic E-state index is 12.5. The van der Waals surface area contributed by atoms with Crippen molar-refractivity contribution in [3.63, 3.8) is 0 Å². The van der Waals surface area contributed by atoms with E-state index in [2.05, 4.69) is 37.7 Å². The van der Waals surface area contributed by atoms with Gasteiger partial charge in [-0.3, -0.25) is 4.79 Å². The first-order valence-corrected chi connectivity index (χ1v) is 11.8. The van der Waals surface area contributed by atoms with Crippen LogP contribution in [0.2, 0.25) is 0 Å². The predicted octanol–water partition coefficient (Wildman–Crippen LogP) is 3.82. The molecule has 1 saturated heterocycles. The number of aromatic nitrogens is 2. The number of carbonyl (C=O) groups excluding carboxylic acids is 1. The Hall–Kier alpha value is -1.99. The van der Waals surface area contributed by atoms with E-state index >= 15 is 0 Å². The smallest absolute Gasteiger partial charge is 0.223 e. The molecule has 1 fully saturated rings. The van der Waals surface area contributed by atoms with E-state index in [9.17, 15) is 4.79 Å². The number of hydrogen-bond acceptors (Lipinski definition) is 6. The zero-order valence-corrected chi connectivity index (χ0v) is 17.5. The molecular weight excluding hydrogens is 388 g/mol. The van der Waals surface area contributed by atoms with Gasteiger partial charge in [-0.05, 0) is 55.5 Å². The molecular formula is C21H24N4OS2. The van der Waals surface area contributed by atoms with E-state index in [-0.39, 0.29) is 11.8 Å². The highest BCUT2D eigenvalue weighted by molar-refractivity contribution is 7.19. The minimum Gasteiger partial charge on any atom is -0.356 e. The SMILES string of the molecule is O=C(NCCc1cccs1)C1CCN(c2ncnc3sc4c(c23)CCC4)CC1. The van der Waals surface area contributed by atoms with Gasteiger partial charge in [0.1, 0.15) is 17.0 Å². The van der Waals surface area contributed by atoms with Crippen molar-refractivity contribution < 1.29 is 4.79 Å². The van der Waals surface area contributed by atoms with Crippen molar-refractivity contribution in [1.82, 2.24) is 15.3 Å². The molecule has 1 N–H and O–H groups in total. The molecule has 0 atom stereocenters. The van der Waals surface area contributed by atoms with Crippen LogP contribution in [0.5, 0.6) is 0 Å². The molecule has 3 aromatic heterocycles. The lowest BCUT2D eigenvalue weighted by Crippen LogP contribution is -2.41. The number of fused-ring (bicyclic) bond motifs is 3. The molecule has 0 spiro atoms. The Balaban J connectivity index is 1.21. The van der Waals surface area contributed by atoms with Crippen LogP contribution in [0.3, 0.4) is 0 Å². The van der Waals surface area contributed by atoms with Gasteiger partial charge in [-0.25, -0.2) is 9.97 Å². The van der Waals surface area contributed by atoms with E-state index in [0.29, 0.717) is 0 Å². The van der Waals surface area contributed by atoms with Gasteiger partial charge in [-0.15, -0.1) is 22.7 Å². The molecule has 0 bridgehead atoms. The molecule has 1 aliphatic heterocycles. The molecule has 1 aliphatic carbocycles. The van der Waals surface area contributed by atoms with Crippen LogP contribution in [0, 0.1) is 5.92 Å². The highest BCUT2D eigenvalue weighted by Crippen LogP contribution is 2.40. The van der Waals surface area contributed by atoms with Gasteiger partial charge in [0.05, 0.1) is 5.39 Å². The summed E-state index contributed by atoms with van der Waals surface area (Å²) in [7, 11) is 0. The lowest BCUT2D eigenvalue weighted by atomic mass is 9.95. The number of amides is 1. The van der Waals surface area contributed by atoms with Crippen LogP contribution in [0.1, 0.15) is 34.6 Å². The molecule has 0 saturated carbocycles. The third-order valence-electron chi connectivity index (χ3n) is 5.90. The standard InChI is InChI=1S/C21H24N4OS2/c26-20(22-9-6-15-3-2-12-27-15)14-7-10-25(11-8-14)19-18-16-4-1-5-17(16)28-21(18)24-13-23-19/h2-3,12-14H,1,4-11H2,(H,22,26). The van der Waals surface area contributed by atoms with Crippen molar-refractivity contribution in [2.24, 2.45) is 5.92 Å². The van der Waals surface area contributed by atoms with Crippen molar-refractivity contribution in [1.29, 1.82) is 0 Å². The summed E-state index contributed by atoms with van der Waals surface area (Å²) in [6.45, 7) is 2.51. The maximum atomic E-state index is 12.5. The number of piperidine rings is 1. The average molecular weight is 413 g/mol. The van der Waals surface area contributed by atoms with E-state index in [1.54, 1.807) is 17.7 Å². The largest absolute Gasteiger partial charge is 0.356 e. The number of thiophene rings is 2. The first kappa shape index (κ1) is 18.1. The van der Waals surface area contributed by atoms with Crippen LogP contribution in [0.4, 0.5) is 5.82 Å². The molecule has 0 radical (unpaired) electrons. The van der Waals surface area contributed by atoms with Gasteiger partial charge in [0.25, 0.3) is 0 Å². The molecule has 5 rings (SSSR count). The van der Waals surface area contributed by atoms with E-state index < -0.39 is 0 Å². The van der Waals surface area contributed by atoms with Gasteiger partial charge < -0.3 is 10.2 Å². The van der Waals surface area contributed by atoms with E-state index in [0.717, 1.165) is 56.0 Å². The average Bonchev–Trinajstić information content (AvgIpc) is 3.45. The fourth-order valence-corrected chi connectivity index (χ4v) is 6.35. The Morgan fingerprint density at radius 2 is 2.14 bits per heavy atom. The topological polar surface area (TPSA) is 58.1 Å². The zero-order chi connectivity index (χ0) is 18.9. The quantitative estimate of drug-likeness (QED) is 0.692. The molecule has 3 aromatic rings. The van der Waals surface area contributed by atoms with E-state index in [4.69, 9.17) is 0 Å². The first-order valence-electron chi connectivity index (χ1n) is 10.1. The highest BCUT2D eigenvalue weighted by Gasteiger charge is 2.28. The number of rotatable bonds is 5. The molecule has 146 valence electrons. The lowest BCUT2D eigenvalue weighted by Gasteiger charge is -2.32. The summed E-state index contributed by atoms with van der Waals surface area (Å²) >= 11 is 3.59. The summed E-state index contributed by atoms with van der Waals surface area (Å²) in [5, 5.41) is 6.49. The number of anilines is 1. The Morgan fingerprint density at radius 3 is 2.96 bits per heavy atom. The third kappa shape index (κ3) is 3.42. The molecule has 0 unspecified atom stereocenters. The Kier molecular flexibility index (Phi) is 5.03. The van der Waals surface area contributed by atoms with Crippen molar-refractivity contribution in [2.75, 3.05) is 24.5 Å². The minimum atomic E-state index is 0.116. The van der Waals surface area contributed by atoms with Crippen molar-refractivity contribution in [3.05, 3.63) is 39.2 Å². The predicted molar refractivity (Wildman–Crippen MR) is 115 cm³/mol. The minimum absolute atomic E-state index is 0.116. The summed E-state index contributed by atoms with van der Waals surface area (Å²) in [6.07, 6.45) is 7.99. The van der Waals surface area contributed by atoms with E-state index in [1.807, 2.05) is 11.3 Å². The Bertz CT molecular complexity index is 974. The third-order valence-corrected chi connectivity index (χ3v) is 8.03. The van der Waals surface area contributed by atoms with Crippen LogP contribution < -0.4 is 10.2 Å². The van der Waals surface area contributed by atoms with Gasteiger partial charge in [0.15, 0.2) is 0 Å². The monoisotopic (exact) mass is 412 g/mol. The number of nitrogens with one attached hydrogen (secondary N) is 1. The van der Waals surface area contributed by atoms with Gasteiger partial charge in [0, 0.05) is 35.3 Å². The number of hydrogen-bond donors (Lipinski definition) is 1. The second kappa shape index (κ2) is 7.79. The van der Waals surface area contributed by atoms with Crippen LogP contribution in [0.25, 0.3) is 10.2 Å². The summed E-state index contributed by atoms with van der Waals surface area (Å²) in [6, 6.07) is 4.18. The summed E-state index contributed by atoms with van der Waals surface area (Å²) in [4.78, 5) is 28.0. The molecule has 4 heterocycles. The number of aryl methyl sites for hydroxylation is 2. The molecule has 0 aromatic carbocycles. The molecule has 28 heavy (non-hydrogen) atoms. The van der Waals surface area contributed by atoms with Crippen LogP contribution >= 0.6 is 22.7 Å². The van der Waals surface area contributed by atoms with Crippen LogP contribution in [-0.2, 0) is 24.1 Å². The normalized spacial score (nSPS) is 17.2. The van der Waals surface area contributed by atoms with Crippen molar-refractivity contribution in [2.45, 2.75) is 38.5 Å².